The summed E-state index contributed by atoms with van der Waals surface area (Å²) in [6.45, 7) is 10.2. The van der Waals surface area contributed by atoms with Gasteiger partial charge in [0.05, 0.1) is 0 Å². The third kappa shape index (κ3) is 1.15. The van der Waals surface area contributed by atoms with E-state index in [1.54, 1.807) is 0 Å². The van der Waals surface area contributed by atoms with Gasteiger partial charge in [0.15, 0.2) is 0 Å². The Morgan fingerprint density at radius 3 is 2.31 bits per heavy atom. The van der Waals surface area contributed by atoms with Gasteiger partial charge in [0.25, 0.3) is 0 Å². The topological polar surface area (TPSA) is 0 Å². The minimum Gasteiger partial charge on any atom is -0.0911 e. The minimum absolute atomic E-state index is 1.08. The van der Waals surface area contributed by atoms with Gasteiger partial charge in [0, 0.05) is 0 Å². The number of fused-ring (bicyclic) bond motifs is 1. The Labute approximate surface area is 77.8 Å². The predicted octanol–water partition coefficient (Wildman–Crippen LogP) is 1.97. The molecule has 64 valence electrons. The molecule has 0 radical (unpaired) electrons. The van der Waals surface area contributed by atoms with Crippen LogP contribution in [0, 0.1) is 6.92 Å². The van der Waals surface area contributed by atoms with Crippen LogP contribution in [0.15, 0.2) is 30.3 Å². The van der Waals surface area contributed by atoms with E-state index >= 15 is 0 Å². The van der Waals surface area contributed by atoms with Gasteiger partial charge in [0.2, 0.25) is 0 Å². The Bertz CT molecular complexity index is 550. The fraction of sp³-hybridized carbons (Fsp3) is 0.0769. The van der Waals surface area contributed by atoms with E-state index in [-0.39, 0.29) is 0 Å². The van der Waals surface area contributed by atoms with Crippen molar-refractivity contribution in [3.8, 4) is 0 Å². The highest BCUT2D eigenvalue weighted by Gasteiger charge is 1.96. The monoisotopic (exact) mass is 168 g/mol. The Kier molecular flexibility index (Phi) is 1.70. The summed E-state index contributed by atoms with van der Waals surface area (Å²) in [4.78, 5) is 0. The summed E-state index contributed by atoms with van der Waals surface area (Å²) in [6.07, 6.45) is 0. The molecule has 2 aromatic carbocycles. The van der Waals surface area contributed by atoms with Gasteiger partial charge in [-0.1, -0.05) is 43.5 Å². The zero-order chi connectivity index (χ0) is 9.42. The molecule has 0 saturated heterocycles. The largest absolute Gasteiger partial charge is 0.0911 e. The normalized spacial score (nSPS) is 10.5. The van der Waals surface area contributed by atoms with Gasteiger partial charge >= 0.3 is 0 Å². The van der Waals surface area contributed by atoms with E-state index in [0.29, 0.717) is 0 Å². The second kappa shape index (κ2) is 2.74. The molecule has 2 rings (SSSR count). The molecular formula is C13H12. The van der Waals surface area contributed by atoms with E-state index in [4.69, 9.17) is 0 Å². The summed E-state index contributed by atoms with van der Waals surface area (Å²) in [5.41, 5.74) is 1.21. The maximum atomic E-state index is 4.06. The Morgan fingerprint density at radius 2 is 1.62 bits per heavy atom. The Balaban J connectivity index is 3.15. The summed E-state index contributed by atoms with van der Waals surface area (Å²) in [7, 11) is 0. The molecule has 0 saturated carbocycles. The van der Waals surface area contributed by atoms with Crippen molar-refractivity contribution in [3.05, 3.63) is 46.3 Å². The van der Waals surface area contributed by atoms with Crippen molar-refractivity contribution in [2.75, 3.05) is 0 Å². The van der Waals surface area contributed by atoms with Crippen molar-refractivity contribution < 1.29 is 0 Å². The lowest BCUT2D eigenvalue weighted by Crippen LogP contribution is -2.12. The molecule has 0 amide bonds. The van der Waals surface area contributed by atoms with Crippen molar-refractivity contribution in [1.82, 2.24) is 0 Å². The fourth-order valence-electron chi connectivity index (χ4n) is 1.66. The first-order chi connectivity index (χ1) is 6.20. The quantitative estimate of drug-likeness (QED) is 0.564. The maximum Gasteiger partial charge on any atom is -0.0109 e. The number of benzene rings is 2. The summed E-state index contributed by atoms with van der Waals surface area (Å²) < 4.78 is 0. The molecule has 0 nitrogen and oxygen atoms in total. The van der Waals surface area contributed by atoms with Crippen LogP contribution in [0.4, 0.5) is 0 Å². The van der Waals surface area contributed by atoms with E-state index in [9.17, 15) is 0 Å². The number of hydrogen-bond acceptors (Lipinski definition) is 0. The zero-order valence-corrected chi connectivity index (χ0v) is 7.80. The second-order valence-corrected chi connectivity index (χ2v) is 3.38. The highest BCUT2D eigenvalue weighted by atomic mass is 14.0. The lowest BCUT2D eigenvalue weighted by molar-refractivity contribution is 1.44. The van der Waals surface area contributed by atoms with Crippen molar-refractivity contribution in [3.63, 3.8) is 0 Å². The van der Waals surface area contributed by atoms with Crippen molar-refractivity contribution >= 4 is 23.9 Å². The van der Waals surface area contributed by atoms with E-state index < -0.39 is 0 Å². The van der Waals surface area contributed by atoms with Gasteiger partial charge in [-0.2, -0.15) is 0 Å². The average molecular weight is 168 g/mol. The van der Waals surface area contributed by atoms with Crippen LogP contribution in [0.5, 0.6) is 0 Å². The van der Waals surface area contributed by atoms with Crippen LogP contribution >= 0.6 is 0 Å². The van der Waals surface area contributed by atoms with Gasteiger partial charge in [0.1, 0.15) is 0 Å². The lowest BCUT2D eigenvalue weighted by atomic mass is 10.0. The van der Waals surface area contributed by atoms with Gasteiger partial charge in [-0.3, -0.25) is 0 Å². The summed E-state index contributed by atoms with van der Waals surface area (Å²) >= 11 is 0. The average Bonchev–Trinajstić information content (AvgIpc) is 2.15. The minimum atomic E-state index is 1.08. The second-order valence-electron chi connectivity index (χ2n) is 3.38. The van der Waals surface area contributed by atoms with Gasteiger partial charge in [-0.25, -0.2) is 0 Å². The molecule has 0 unspecified atom stereocenters. The van der Waals surface area contributed by atoms with Crippen LogP contribution in [0.2, 0.25) is 0 Å². The molecule has 0 bridgehead atoms. The van der Waals surface area contributed by atoms with Crippen LogP contribution in [0.25, 0.3) is 23.9 Å². The van der Waals surface area contributed by atoms with Gasteiger partial charge in [-0.15, -0.1) is 0 Å². The number of rotatable bonds is 0. The van der Waals surface area contributed by atoms with Crippen LogP contribution in [0.1, 0.15) is 5.56 Å². The summed E-state index contributed by atoms with van der Waals surface area (Å²) in [5, 5.41) is 4.62. The van der Waals surface area contributed by atoms with Crippen LogP contribution in [0.3, 0.4) is 0 Å². The zero-order valence-electron chi connectivity index (χ0n) is 7.80. The molecule has 0 atom stereocenters. The summed E-state index contributed by atoms with van der Waals surface area (Å²) in [5.74, 6) is 0. The molecular weight excluding hydrogens is 156 g/mol. The summed E-state index contributed by atoms with van der Waals surface area (Å²) in [6, 6.07) is 10.3. The van der Waals surface area contributed by atoms with Crippen LogP contribution in [-0.4, -0.2) is 0 Å². The molecule has 0 spiro atoms. The molecule has 13 heavy (non-hydrogen) atoms. The molecule has 0 heteroatoms. The maximum absolute atomic E-state index is 4.06. The third-order valence-electron chi connectivity index (χ3n) is 2.46. The smallest absolute Gasteiger partial charge is 0.0109 e. The highest BCUT2D eigenvalue weighted by Crippen LogP contribution is 2.04. The predicted molar refractivity (Wildman–Crippen MR) is 59.0 cm³/mol. The van der Waals surface area contributed by atoms with Gasteiger partial charge in [-0.05, 0) is 33.7 Å². The highest BCUT2D eigenvalue weighted by molar-refractivity contribution is 5.84. The Morgan fingerprint density at radius 1 is 1.00 bits per heavy atom. The van der Waals surface area contributed by atoms with Crippen LogP contribution < -0.4 is 10.4 Å². The van der Waals surface area contributed by atoms with Crippen LogP contribution in [-0.2, 0) is 0 Å². The molecule has 0 heterocycles. The van der Waals surface area contributed by atoms with Crippen molar-refractivity contribution in [1.29, 1.82) is 0 Å². The number of aryl methyl sites for hydroxylation is 1. The number of hydrogen-bond donors (Lipinski definition) is 0. The molecule has 0 aliphatic heterocycles. The Hall–Kier alpha value is -1.56. The first-order valence-electron chi connectivity index (χ1n) is 4.36. The van der Waals surface area contributed by atoms with E-state index in [1.165, 1.54) is 16.3 Å². The van der Waals surface area contributed by atoms with E-state index in [1.807, 2.05) is 12.1 Å². The molecule has 0 N–H and O–H groups in total. The first kappa shape index (κ1) is 8.06. The molecule has 0 aliphatic carbocycles. The van der Waals surface area contributed by atoms with E-state index in [0.717, 1.165) is 10.4 Å². The molecule has 2 aromatic rings. The van der Waals surface area contributed by atoms with Crippen molar-refractivity contribution in [2.45, 2.75) is 6.92 Å². The van der Waals surface area contributed by atoms with E-state index in [2.05, 4.69) is 38.3 Å². The molecule has 0 fully saturated rings. The lowest BCUT2D eigenvalue weighted by Gasteiger charge is -2.01. The molecule has 0 aliphatic rings. The first-order valence-corrected chi connectivity index (χ1v) is 4.36. The van der Waals surface area contributed by atoms with Gasteiger partial charge < -0.3 is 0 Å². The SMILES string of the molecule is C=c1cc(C)c(=C)c2ccccc12. The molecule has 0 aromatic heterocycles. The standard InChI is InChI=1S/C13H12/c1-9-8-10(2)12-6-4-5-7-13(12)11(9)3/h4-8H,2-3H2,1H3. The third-order valence-corrected chi connectivity index (χ3v) is 2.46. The fourth-order valence-corrected chi connectivity index (χ4v) is 1.66. The van der Waals surface area contributed by atoms with Crippen molar-refractivity contribution in [2.24, 2.45) is 0 Å².